The molecule has 0 spiro atoms. The van der Waals surface area contributed by atoms with Crippen molar-refractivity contribution in [3.63, 3.8) is 0 Å². The van der Waals surface area contributed by atoms with Gasteiger partial charge >= 0.3 is 0 Å². The molecule has 0 aliphatic rings. The third-order valence-electron chi connectivity index (χ3n) is 4.53. The second-order valence-corrected chi connectivity index (χ2v) is 6.94. The first-order valence-electron chi connectivity index (χ1n) is 8.58. The fourth-order valence-electron chi connectivity index (χ4n) is 3.55. The van der Waals surface area contributed by atoms with Gasteiger partial charge in [-0.15, -0.1) is 0 Å². The zero-order valence-corrected chi connectivity index (χ0v) is 14.5. The third-order valence-corrected chi connectivity index (χ3v) is 4.53. The summed E-state index contributed by atoms with van der Waals surface area (Å²) in [5.41, 5.74) is 6.11. The first kappa shape index (κ1) is 14.9. The van der Waals surface area contributed by atoms with E-state index in [4.69, 9.17) is 0 Å². The summed E-state index contributed by atoms with van der Waals surface area (Å²) < 4.78 is 2.47. The fourth-order valence-corrected chi connectivity index (χ4v) is 3.55. The van der Waals surface area contributed by atoms with Crippen molar-refractivity contribution in [3.05, 3.63) is 66.4 Å². The molecule has 0 aliphatic heterocycles. The largest absolute Gasteiger partial charge is 0.340 e. The van der Waals surface area contributed by atoms with Crippen molar-refractivity contribution in [1.82, 2.24) is 9.55 Å². The number of fused-ring (bicyclic) bond motifs is 3. The first-order valence-corrected chi connectivity index (χ1v) is 8.58. The molecular formula is C22H22N2. The van der Waals surface area contributed by atoms with Crippen molar-refractivity contribution in [2.75, 3.05) is 0 Å². The van der Waals surface area contributed by atoms with E-state index in [2.05, 4.69) is 78.9 Å². The van der Waals surface area contributed by atoms with E-state index in [1.807, 2.05) is 12.3 Å². The molecule has 0 radical (unpaired) electrons. The number of para-hydroxylation sites is 2. The molecule has 120 valence electrons. The Hall–Kier alpha value is -2.61. The Labute approximate surface area is 142 Å². The lowest BCUT2D eigenvalue weighted by atomic mass is 10.0. The van der Waals surface area contributed by atoms with E-state index in [-0.39, 0.29) is 0 Å². The van der Waals surface area contributed by atoms with Gasteiger partial charge < -0.3 is 4.57 Å². The molecule has 0 aliphatic carbocycles. The number of nitrogens with zero attached hydrogens (tertiary/aromatic N) is 2. The average Bonchev–Trinajstić information content (AvgIpc) is 2.89. The predicted octanol–water partition coefficient (Wildman–Crippen LogP) is 5.82. The van der Waals surface area contributed by atoms with Gasteiger partial charge in [-0.3, -0.25) is 4.98 Å². The minimum Gasteiger partial charge on any atom is -0.340 e. The molecule has 24 heavy (non-hydrogen) atoms. The molecule has 0 N–H and O–H groups in total. The van der Waals surface area contributed by atoms with Crippen LogP contribution in [0.4, 0.5) is 0 Å². The number of hydrogen-bond acceptors (Lipinski definition) is 1. The molecule has 2 aromatic heterocycles. The lowest BCUT2D eigenvalue weighted by Crippen LogP contribution is -2.04. The van der Waals surface area contributed by atoms with Gasteiger partial charge in [0.25, 0.3) is 0 Å². The molecule has 0 fully saturated rings. The van der Waals surface area contributed by atoms with Crippen molar-refractivity contribution in [1.29, 1.82) is 0 Å². The standard InChI is InChI=1S/C22H22N2/c1-15(2)14-24-21-10-5-4-7-17(21)18-8-6-9-19(22(18)24)20-13-16(3)11-12-23-20/h4-13,15H,14H2,1-3H3. The molecule has 2 nitrogen and oxygen atoms in total. The normalized spacial score (nSPS) is 11.7. The molecule has 2 heteroatoms. The van der Waals surface area contributed by atoms with Gasteiger partial charge in [-0.05, 0) is 36.6 Å². The van der Waals surface area contributed by atoms with Crippen LogP contribution in [0.5, 0.6) is 0 Å². The minimum absolute atomic E-state index is 0.586. The maximum absolute atomic E-state index is 4.64. The quantitative estimate of drug-likeness (QED) is 0.466. The van der Waals surface area contributed by atoms with E-state index < -0.39 is 0 Å². The Bertz CT molecular complexity index is 1020. The van der Waals surface area contributed by atoms with Crippen molar-refractivity contribution in [3.8, 4) is 11.3 Å². The lowest BCUT2D eigenvalue weighted by molar-refractivity contribution is 0.545. The van der Waals surface area contributed by atoms with E-state index in [1.165, 1.54) is 32.9 Å². The smallest absolute Gasteiger partial charge is 0.0725 e. The highest BCUT2D eigenvalue weighted by molar-refractivity contribution is 6.12. The molecule has 0 atom stereocenters. The van der Waals surface area contributed by atoms with Crippen LogP contribution in [-0.2, 0) is 6.54 Å². The van der Waals surface area contributed by atoms with Crippen molar-refractivity contribution < 1.29 is 0 Å². The summed E-state index contributed by atoms with van der Waals surface area (Å²) >= 11 is 0. The number of rotatable bonds is 3. The van der Waals surface area contributed by atoms with E-state index in [0.717, 1.165) is 12.2 Å². The molecule has 0 saturated carbocycles. The van der Waals surface area contributed by atoms with Gasteiger partial charge in [0, 0.05) is 34.6 Å². The summed E-state index contributed by atoms with van der Waals surface area (Å²) in [6.07, 6.45) is 1.90. The minimum atomic E-state index is 0.586. The molecule has 4 aromatic rings. The van der Waals surface area contributed by atoms with Gasteiger partial charge in [0.1, 0.15) is 0 Å². The topological polar surface area (TPSA) is 17.8 Å². The van der Waals surface area contributed by atoms with Crippen LogP contribution in [0, 0.1) is 12.8 Å². The van der Waals surface area contributed by atoms with Crippen LogP contribution < -0.4 is 0 Å². The van der Waals surface area contributed by atoms with Crippen molar-refractivity contribution in [2.45, 2.75) is 27.3 Å². The lowest BCUT2D eigenvalue weighted by Gasteiger charge is -2.13. The van der Waals surface area contributed by atoms with Crippen LogP contribution >= 0.6 is 0 Å². The second kappa shape index (κ2) is 5.79. The summed E-state index contributed by atoms with van der Waals surface area (Å²) in [7, 11) is 0. The second-order valence-electron chi connectivity index (χ2n) is 6.94. The van der Waals surface area contributed by atoms with Gasteiger partial charge in [-0.1, -0.05) is 50.2 Å². The van der Waals surface area contributed by atoms with Crippen molar-refractivity contribution in [2.24, 2.45) is 5.92 Å². The molecule has 0 amide bonds. The molecule has 2 heterocycles. The number of pyridine rings is 1. The van der Waals surface area contributed by atoms with Crippen LogP contribution in [-0.4, -0.2) is 9.55 Å². The van der Waals surface area contributed by atoms with Crippen LogP contribution in [0.15, 0.2) is 60.8 Å². The van der Waals surface area contributed by atoms with Gasteiger partial charge in [0.05, 0.1) is 11.2 Å². The first-order chi connectivity index (χ1) is 11.6. The van der Waals surface area contributed by atoms with Gasteiger partial charge in [0.2, 0.25) is 0 Å². The summed E-state index contributed by atoms with van der Waals surface area (Å²) in [5, 5.41) is 2.63. The fraction of sp³-hybridized carbons (Fsp3) is 0.227. The summed E-state index contributed by atoms with van der Waals surface area (Å²) in [4.78, 5) is 4.64. The monoisotopic (exact) mass is 314 g/mol. The van der Waals surface area contributed by atoms with Gasteiger partial charge in [-0.25, -0.2) is 0 Å². The highest BCUT2D eigenvalue weighted by atomic mass is 15.0. The zero-order chi connectivity index (χ0) is 16.7. The molecule has 4 rings (SSSR count). The predicted molar refractivity (Wildman–Crippen MR) is 102 cm³/mol. The van der Waals surface area contributed by atoms with Crippen LogP contribution in [0.3, 0.4) is 0 Å². The highest BCUT2D eigenvalue weighted by Crippen LogP contribution is 2.35. The zero-order valence-electron chi connectivity index (χ0n) is 14.5. The highest BCUT2D eigenvalue weighted by Gasteiger charge is 2.15. The molecule has 0 bridgehead atoms. The summed E-state index contributed by atoms with van der Waals surface area (Å²) in [5.74, 6) is 0.586. The maximum atomic E-state index is 4.64. The van der Waals surface area contributed by atoms with Crippen molar-refractivity contribution >= 4 is 21.8 Å². The molecule has 0 unspecified atom stereocenters. The summed E-state index contributed by atoms with van der Waals surface area (Å²) in [6, 6.07) is 19.5. The Morgan fingerprint density at radius 3 is 2.54 bits per heavy atom. The van der Waals surface area contributed by atoms with Gasteiger partial charge in [-0.2, -0.15) is 0 Å². The Morgan fingerprint density at radius 1 is 0.958 bits per heavy atom. The number of aryl methyl sites for hydroxylation is 1. The average molecular weight is 314 g/mol. The Kier molecular flexibility index (Phi) is 3.61. The molecule has 0 saturated heterocycles. The van der Waals surface area contributed by atoms with E-state index in [0.29, 0.717) is 5.92 Å². The molecule has 2 aromatic carbocycles. The molecular weight excluding hydrogens is 292 g/mol. The number of benzene rings is 2. The van der Waals surface area contributed by atoms with E-state index >= 15 is 0 Å². The van der Waals surface area contributed by atoms with Crippen LogP contribution in [0.2, 0.25) is 0 Å². The number of hydrogen-bond donors (Lipinski definition) is 0. The maximum Gasteiger partial charge on any atom is 0.0725 e. The van der Waals surface area contributed by atoms with Gasteiger partial charge in [0.15, 0.2) is 0 Å². The van der Waals surface area contributed by atoms with Crippen LogP contribution in [0.1, 0.15) is 19.4 Å². The number of aromatic nitrogens is 2. The SMILES string of the molecule is Cc1ccnc(-c2cccc3c4ccccc4n(CC(C)C)c23)c1. The Morgan fingerprint density at radius 2 is 1.75 bits per heavy atom. The summed E-state index contributed by atoms with van der Waals surface area (Å²) in [6.45, 7) is 7.67. The van der Waals surface area contributed by atoms with E-state index in [1.54, 1.807) is 0 Å². The Balaban J connectivity index is 2.12. The van der Waals surface area contributed by atoms with E-state index in [9.17, 15) is 0 Å². The third kappa shape index (κ3) is 2.39. The van der Waals surface area contributed by atoms with Crippen LogP contribution in [0.25, 0.3) is 33.1 Å².